The molecule has 0 bridgehead atoms. The predicted molar refractivity (Wildman–Crippen MR) is 56.6 cm³/mol. The Hall–Kier alpha value is -0.0400. The number of rotatable bonds is 3. The highest BCUT2D eigenvalue weighted by Gasteiger charge is 2.33. The maximum atomic E-state index is 10.1. The first-order valence-corrected chi connectivity index (χ1v) is 5.88. The summed E-state index contributed by atoms with van der Waals surface area (Å²) in [5.41, 5.74) is 0. The monoisotopic (exact) mass is 184 g/mol. The molecule has 1 aliphatic rings. The maximum Gasteiger partial charge on any atom is 0.0596 e. The van der Waals surface area contributed by atoms with Crippen LogP contribution in [0, 0.1) is 17.8 Å². The van der Waals surface area contributed by atoms with Crippen LogP contribution in [0.4, 0.5) is 0 Å². The number of aliphatic hydroxyl groups is 1. The Balaban J connectivity index is 2.48. The molecule has 0 aromatic rings. The van der Waals surface area contributed by atoms with E-state index in [0.717, 1.165) is 5.92 Å². The third-order valence-corrected chi connectivity index (χ3v) is 3.86. The Labute approximate surface area is 82.5 Å². The summed E-state index contributed by atoms with van der Waals surface area (Å²) >= 11 is 0. The first kappa shape index (κ1) is 11.0. The van der Waals surface area contributed by atoms with Crippen LogP contribution in [0.1, 0.15) is 52.9 Å². The average molecular weight is 184 g/mol. The molecule has 78 valence electrons. The quantitative estimate of drug-likeness (QED) is 0.714. The third-order valence-electron chi connectivity index (χ3n) is 3.86. The van der Waals surface area contributed by atoms with Crippen molar-refractivity contribution in [1.82, 2.24) is 0 Å². The van der Waals surface area contributed by atoms with Crippen molar-refractivity contribution in [2.75, 3.05) is 0 Å². The van der Waals surface area contributed by atoms with Gasteiger partial charge < -0.3 is 5.11 Å². The van der Waals surface area contributed by atoms with Crippen LogP contribution >= 0.6 is 0 Å². The van der Waals surface area contributed by atoms with Crippen molar-refractivity contribution >= 4 is 0 Å². The second-order valence-electron chi connectivity index (χ2n) is 4.64. The van der Waals surface area contributed by atoms with E-state index in [1.54, 1.807) is 0 Å². The Kier molecular flexibility index (Phi) is 4.24. The molecule has 1 aliphatic carbocycles. The van der Waals surface area contributed by atoms with Crippen LogP contribution in [0.25, 0.3) is 0 Å². The Morgan fingerprint density at radius 1 is 1.15 bits per heavy atom. The molecule has 1 heteroatoms. The van der Waals surface area contributed by atoms with E-state index >= 15 is 0 Å². The summed E-state index contributed by atoms with van der Waals surface area (Å²) in [6.45, 7) is 6.68. The molecule has 1 rings (SSSR count). The number of aliphatic hydroxyl groups excluding tert-OH is 1. The highest BCUT2D eigenvalue weighted by atomic mass is 16.3. The van der Waals surface area contributed by atoms with Gasteiger partial charge in [-0.2, -0.15) is 0 Å². The van der Waals surface area contributed by atoms with Crippen LogP contribution in [-0.4, -0.2) is 11.2 Å². The van der Waals surface area contributed by atoms with Crippen LogP contribution in [0.5, 0.6) is 0 Å². The average Bonchev–Trinajstić information content (AvgIpc) is 2.14. The topological polar surface area (TPSA) is 20.2 Å². The van der Waals surface area contributed by atoms with Gasteiger partial charge in [0.05, 0.1) is 6.10 Å². The van der Waals surface area contributed by atoms with Gasteiger partial charge >= 0.3 is 0 Å². The number of hydrogen-bond acceptors (Lipinski definition) is 1. The van der Waals surface area contributed by atoms with Crippen molar-refractivity contribution in [2.24, 2.45) is 17.8 Å². The molecule has 0 amide bonds. The standard InChI is InChI=1S/C12H24O/c1-4-6-11-8-7-10(5-2)9(3)12(11)13/h9-13H,4-8H2,1-3H3. The molecule has 1 nitrogen and oxygen atoms in total. The molecular formula is C12H24O. The minimum absolute atomic E-state index is 0.0290. The first-order chi connectivity index (χ1) is 6.20. The molecule has 0 saturated heterocycles. The fourth-order valence-electron chi connectivity index (χ4n) is 2.83. The first-order valence-electron chi connectivity index (χ1n) is 5.88. The van der Waals surface area contributed by atoms with E-state index in [-0.39, 0.29) is 6.10 Å². The second-order valence-corrected chi connectivity index (χ2v) is 4.64. The van der Waals surface area contributed by atoms with Gasteiger partial charge in [0.25, 0.3) is 0 Å². The largest absolute Gasteiger partial charge is 0.393 e. The van der Waals surface area contributed by atoms with Gasteiger partial charge in [0.1, 0.15) is 0 Å². The Morgan fingerprint density at radius 2 is 1.77 bits per heavy atom. The molecule has 0 radical (unpaired) electrons. The Morgan fingerprint density at radius 3 is 2.31 bits per heavy atom. The third kappa shape index (κ3) is 2.46. The lowest BCUT2D eigenvalue weighted by atomic mass is 9.70. The molecule has 0 aromatic carbocycles. The van der Waals surface area contributed by atoms with Gasteiger partial charge in [0.2, 0.25) is 0 Å². The van der Waals surface area contributed by atoms with Crippen LogP contribution in [0.2, 0.25) is 0 Å². The van der Waals surface area contributed by atoms with E-state index in [4.69, 9.17) is 0 Å². The molecule has 0 aliphatic heterocycles. The van der Waals surface area contributed by atoms with Gasteiger partial charge in [-0.15, -0.1) is 0 Å². The minimum Gasteiger partial charge on any atom is -0.393 e. The highest BCUT2D eigenvalue weighted by Crippen LogP contribution is 2.37. The zero-order chi connectivity index (χ0) is 9.84. The van der Waals surface area contributed by atoms with E-state index in [9.17, 15) is 5.11 Å². The van der Waals surface area contributed by atoms with Crippen LogP contribution in [0.3, 0.4) is 0 Å². The van der Waals surface area contributed by atoms with Crippen molar-refractivity contribution < 1.29 is 5.11 Å². The SMILES string of the molecule is CCCC1CCC(CC)C(C)C1O. The summed E-state index contributed by atoms with van der Waals surface area (Å²) in [7, 11) is 0. The van der Waals surface area contributed by atoms with Crippen molar-refractivity contribution in [2.45, 2.75) is 59.0 Å². The van der Waals surface area contributed by atoms with Crippen molar-refractivity contribution in [1.29, 1.82) is 0 Å². The minimum atomic E-state index is -0.0290. The van der Waals surface area contributed by atoms with E-state index in [0.29, 0.717) is 11.8 Å². The second kappa shape index (κ2) is 4.99. The lowest BCUT2D eigenvalue weighted by Crippen LogP contribution is -2.37. The molecule has 13 heavy (non-hydrogen) atoms. The van der Waals surface area contributed by atoms with Crippen LogP contribution in [0.15, 0.2) is 0 Å². The van der Waals surface area contributed by atoms with Gasteiger partial charge in [-0.3, -0.25) is 0 Å². The molecule has 1 N–H and O–H groups in total. The van der Waals surface area contributed by atoms with Gasteiger partial charge in [-0.05, 0) is 37.0 Å². The predicted octanol–water partition coefficient (Wildman–Crippen LogP) is 3.22. The molecular weight excluding hydrogens is 160 g/mol. The number of hydrogen-bond donors (Lipinski definition) is 1. The zero-order valence-corrected chi connectivity index (χ0v) is 9.29. The van der Waals surface area contributed by atoms with Gasteiger partial charge in [0, 0.05) is 0 Å². The molecule has 1 fully saturated rings. The molecule has 4 unspecified atom stereocenters. The molecule has 0 heterocycles. The summed E-state index contributed by atoms with van der Waals surface area (Å²) in [6, 6.07) is 0. The molecule has 4 atom stereocenters. The summed E-state index contributed by atoms with van der Waals surface area (Å²) in [5.74, 6) is 1.88. The lowest BCUT2D eigenvalue weighted by Gasteiger charge is -2.38. The maximum absolute atomic E-state index is 10.1. The van der Waals surface area contributed by atoms with E-state index in [1.807, 2.05) is 0 Å². The highest BCUT2D eigenvalue weighted by molar-refractivity contribution is 4.84. The zero-order valence-electron chi connectivity index (χ0n) is 9.29. The smallest absolute Gasteiger partial charge is 0.0596 e. The lowest BCUT2D eigenvalue weighted by molar-refractivity contribution is -0.0106. The summed E-state index contributed by atoms with van der Waals surface area (Å²) in [5, 5.41) is 10.1. The normalized spacial score (nSPS) is 40.6. The summed E-state index contributed by atoms with van der Waals surface area (Å²) in [6.07, 6.45) is 6.21. The fraction of sp³-hybridized carbons (Fsp3) is 1.00. The molecule has 0 aromatic heterocycles. The van der Waals surface area contributed by atoms with E-state index < -0.39 is 0 Å². The van der Waals surface area contributed by atoms with Crippen LogP contribution in [-0.2, 0) is 0 Å². The summed E-state index contributed by atoms with van der Waals surface area (Å²) in [4.78, 5) is 0. The summed E-state index contributed by atoms with van der Waals surface area (Å²) < 4.78 is 0. The van der Waals surface area contributed by atoms with Crippen molar-refractivity contribution in [3.05, 3.63) is 0 Å². The van der Waals surface area contributed by atoms with E-state index in [2.05, 4.69) is 20.8 Å². The van der Waals surface area contributed by atoms with Crippen LogP contribution < -0.4 is 0 Å². The van der Waals surface area contributed by atoms with Gasteiger partial charge in [-0.1, -0.05) is 33.6 Å². The van der Waals surface area contributed by atoms with Crippen molar-refractivity contribution in [3.63, 3.8) is 0 Å². The van der Waals surface area contributed by atoms with E-state index in [1.165, 1.54) is 32.1 Å². The van der Waals surface area contributed by atoms with Gasteiger partial charge in [-0.25, -0.2) is 0 Å². The fourth-order valence-corrected chi connectivity index (χ4v) is 2.83. The Bertz CT molecular complexity index is 142. The van der Waals surface area contributed by atoms with Crippen molar-refractivity contribution in [3.8, 4) is 0 Å². The molecule has 1 saturated carbocycles. The van der Waals surface area contributed by atoms with Gasteiger partial charge in [0.15, 0.2) is 0 Å². The molecule has 0 spiro atoms.